The summed E-state index contributed by atoms with van der Waals surface area (Å²) in [6.45, 7) is 26.5. The van der Waals surface area contributed by atoms with Crippen molar-refractivity contribution < 1.29 is 18.9 Å². The van der Waals surface area contributed by atoms with Crippen molar-refractivity contribution in [3.8, 4) is 0 Å². The Bertz CT molecular complexity index is 804. The Balaban J connectivity index is 0.000000327. The number of nitrogens with zero attached hydrogens (tertiary/aromatic N) is 2. The van der Waals surface area contributed by atoms with E-state index < -0.39 is 0 Å². The van der Waals surface area contributed by atoms with Crippen LogP contribution in [0.1, 0.15) is 134 Å². The molecule has 294 valence electrons. The largest absolute Gasteiger partial charge is 0.373 e. The van der Waals surface area contributed by atoms with Crippen molar-refractivity contribution in [2.24, 2.45) is 29.4 Å². The van der Waals surface area contributed by atoms with Crippen molar-refractivity contribution in [1.82, 2.24) is 15.1 Å². The molecule has 8 heteroatoms. The summed E-state index contributed by atoms with van der Waals surface area (Å²) in [5, 5.41) is 3.29. The predicted molar refractivity (Wildman–Crippen MR) is 209 cm³/mol. The molecule has 12 atom stereocenters. The van der Waals surface area contributed by atoms with Crippen LogP contribution in [0.4, 0.5) is 0 Å². The van der Waals surface area contributed by atoms with Gasteiger partial charge in [-0.2, -0.15) is 0 Å². The molecule has 12 unspecified atom stereocenters. The minimum Gasteiger partial charge on any atom is -0.373 e. The normalized spacial score (nSPS) is 37.0. The standard InChI is InChI=1S/2C11H23NO.C10H21NO.C9H19NO/c2*1-8(2)11-7-6-10(12(4)5)9(3)13-11;1-7(2)10-6-5-9(11-4)8(3)12-10;1-6(2)9-5-4-8(10)7(3)11-9/h2*8-11H,6-7H2,1-5H3;7-11H,5-6H2,1-4H3;6-9H,4-5,10H2,1-3H3. The molecule has 8 nitrogen and oxygen atoms in total. The topological polar surface area (TPSA) is 81.5 Å². The maximum atomic E-state index is 5.98. The fourth-order valence-corrected chi connectivity index (χ4v) is 7.76. The van der Waals surface area contributed by atoms with Gasteiger partial charge in [-0.25, -0.2) is 0 Å². The van der Waals surface area contributed by atoms with Gasteiger partial charge in [0.2, 0.25) is 0 Å². The fourth-order valence-electron chi connectivity index (χ4n) is 7.76. The average molecular weight is 699 g/mol. The van der Waals surface area contributed by atoms with Gasteiger partial charge in [0, 0.05) is 24.2 Å². The third kappa shape index (κ3) is 16.5. The van der Waals surface area contributed by atoms with Crippen molar-refractivity contribution in [2.75, 3.05) is 35.2 Å². The number of hydrogen-bond acceptors (Lipinski definition) is 8. The molecular formula is C41H86N4O4. The van der Waals surface area contributed by atoms with Crippen molar-refractivity contribution in [3.05, 3.63) is 0 Å². The average Bonchev–Trinajstić information content (AvgIpc) is 3.02. The van der Waals surface area contributed by atoms with Crippen molar-refractivity contribution in [3.63, 3.8) is 0 Å². The van der Waals surface area contributed by atoms with E-state index in [-0.39, 0.29) is 12.1 Å². The van der Waals surface area contributed by atoms with Gasteiger partial charge in [0.1, 0.15) is 0 Å². The second kappa shape index (κ2) is 23.4. The maximum Gasteiger partial charge on any atom is 0.0705 e. The lowest BCUT2D eigenvalue weighted by Crippen LogP contribution is -2.46. The first-order chi connectivity index (χ1) is 22.8. The summed E-state index contributed by atoms with van der Waals surface area (Å²) in [5.41, 5.74) is 5.82. The van der Waals surface area contributed by atoms with Gasteiger partial charge in [-0.1, -0.05) is 55.4 Å². The Morgan fingerprint density at radius 2 is 0.776 bits per heavy atom. The van der Waals surface area contributed by atoms with Gasteiger partial charge >= 0.3 is 0 Å². The number of rotatable bonds is 7. The summed E-state index contributed by atoms with van der Waals surface area (Å²) in [4.78, 5) is 4.56. The Labute approximate surface area is 305 Å². The molecule has 0 amide bonds. The smallest absolute Gasteiger partial charge is 0.0705 e. The van der Waals surface area contributed by atoms with E-state index in [0.717, 1.165) is 12.8 Å². The minimum atomic E-state index is 0.246. The first kappa shape index (κ1) is 46.7. The lowest BCUT2D eigenvalue weighted by atomic mass is 9.93. The van der Waals surface area contributed by atoms with Crippen LogP contribution in [-0.2, 0) is 18.9 Å². The zero-order valence-corrected chi connectivity index (χ0v) is 35.5. The molecule has 0 bridgehead atoms. The summed E-state index contributed by atoms with van der Waals surface area (Å²) in [7, 11) is 10.6. The molecule has 4 aliphatic rings. The van der Waals surface area contributed by atoms with Gasteiger partial charge in [0.05, 0.1) is 48.8 Å². The molecule has 4 rings (SSSR count). The van der Waals surface area contributed by atoms with Gasteiger partial charge in [-0.15, -0.1) is 0 Å². The Morgan fingerprint density at radius 3 is 1.04 bits per heavy atom. The third-order valence-corrected chi connectivity index (χ3v) is 11.5. The Hall–Kier alpha value is -0.320. The van der Waals surface area contributed by atoms with Crippen molar-refractivity contribution in [1.29, 1.82) is 0 Å². The van der Waals surface area contributed by atoms with E-state index in [0.29, 0.717) is 84.5 Å². The summed E-state index contributed by atoms with van der Waals surface area (Å²) in [6, 6.07) is 2.02. The van der Waals surface area contributed by atoms with Crippen LogP contribution >= 0.6 is 0 Å². The first-order valence-electron chi connectivity index (χ1n) is 20.2. The van der Waals surface area contributed by atoms with E-state index in [1.54, 1.807) is 0 Å². The number of nitrogens with two attached hydrogens (primary N) is 1. The lowest BCUT2D eigenvalue weighted by molar-refractivity contribution is -0.0975. The highest BCUT2D eigenvalue weighted by Gasteiger charge is 2.32. The van der Waals surface area contributed by atoms with Crippen LogP contribution in [0.5, 0.6) is 0 Å². The van der Waals surface area contributed by atoms with Crippen LogP contribution in [0.15, 0.2) is 0 Å². The number of nitrogens with one attached hydrogen (secondary N) is 1. The molecule has 0 spiro atoms. The van der Waals surface area contributed by atoms with Gasteiger partial charge in [0.25, 0.3) is 0 Å². The van der Waals surface area contributed by atoms with Gasteiger partial charge in [0.15, 0.2) is 0 Å². The quantitative estimate of drug-likeness (QED) is 0.281. The summed E-state index contributed by atoms with van der Waals surface area (Å²) in [6.07, 6.45) is 12.9. The van der Waals surface area contributed by atoms with Crippen molar-refractivity contribution in [2.45, 2.75) is 207 Å². The third-order valence-electron chi connectivity index (χ3n) is 11.5. The van der Waals surface area contributed by atoms with Crippen LogP contribution in [0, 0.1) is 23.7 Å². The second-order valence-electron chi connectivity index (χ2n) is 17.4. The van der Waals surface area contributed by atoms with Crippen LogP contribution in [0.25, 0.3) is 0 Å². The summed E-state index contributed by atoms with van der Waals surface area (Å²) >= 11 is 0. The molecule has 0 saturated carbocycles. The zero-order chi connectivity index (χ0) is 37.6. The molecule has 0 aromatic heterocycles. The van der Waals surface area contributed by atoms with Gasteiger partial charge < -0.3 is 39.8 Å². The molecule has 49 heavy (non-hydrogen) atoms. The molecule has 0 aromatic carbocycles. The van der Waals surface area contributed by atoms with E-state index in [2.05, 4.69) is 126 Å². The molecule has 4 heterocycles. The molecule has 4 saturated heterocycles. The molecule has 3 N–H and O–H groups in total. The van der Waals surface area contributed by atoms with E-state index in [1.165, 1.54) is 38.5 Å². The van der Waals surface area contributed by atoms with Crippen LogP contribution in [-0.4, -0.2) is 118 Å². The van der Waals surface area contributed by atoms with Gasteiger partial charge in [-0.3, -0.25) is 0 Å². The Kier molecular flexibility index (Phi) is 22.3. The molecule has 4 aliphatic heterocycles. The van der Waals surface area contributed by atoms with E-state index in [1.807, 2.05) is 7.05 Å². The van der Waals surface area contributed by atoms with E-state index >= 15 is 0 Å². The first-order valence-corrected chi connectivity index (χ1v) is 20.2. The van der Waals surface area contributed by atoms with E-state index in [4.69, 9.17) is 24.7 Å². The lowest BCUT2D eigenvalue weighted by Gasteiger charge is -2.39. The van der Waals surface area contributed by atoms with Crippen LogP contribution in [0.2, 0.25) is 0 Å². The molecule has 4 fully saturated rings. The summed E-state index contributed by atoms with van der Waals surface area (Å²) in [5.74, 6) is 2.60. The Morgan fingerprint density at radius 1 is 0.469 bits per heavy atom. The SMILES string of the molecule is CC(C)C1CCC(N(C)C)C(C)O1.CC(C)C1CCC(N(C)C)C(C)O1.CC(C)C1CCC(N)C(C)O1.CNC1CCC(C(C)C)OC1C. The summed E-state index contributed by atoms with van der Waals surface area (Å²) < 4.78 is 23.6. The van der Waals surface area contributed by atoms with E-state index in [9.17, 15) is 0 Å². The highest BCUT2D eigenvalue weighted by Crippen LogP contribution is 2.28. The maximum absolute atomic E-state index is 5.98. The highest BCUT2D eigenvalue weighted by atomic mass is 16.5. The zero-order valence-electron chi connectivity index (χ0n) is 35.5. The molecule has 0 aromatic rings. The molecule has 0 radical (unpaired) electrons. The predicted octanol–water partition coefficient (Wildman–Crippen LogP) is 7.62. The highest BCUT2D eigenvalue weighted by molar-refractivity contribution is 4.84. The number of ether oxygens (including phenoxy) is 4. The number of hydrogen-bond donors (Lipinski definition) is 2. The molecular weight excluding hydrogens is 612 g/mol. The number of likely N-dealkylation sites (N-methyl/N-ethyl adjacent to an activating group) is 3. The molecule has 0 aliphatic carbocycles. The minimum absolute atomic E-state index is 0.246. The monoisotopic (exact) mass is 699 g/mol. The fraction of sp³-hybridized carbons (Fsp3) is 1.00. The van der Waals surface area contributed by atoms with Crippen molar-refractivity contribution >= 4 is 0 Å². The van der Waals surface area contributed by atoms with Gasteiger partial charge in [-0.05, 0) is 138 Å². The second-order valence-corrected chi connectivity index (χ2v) is 17.4. The van der Waals surface area contributed by atoms with Crippen LogP contribution < -0.4 is 11.1 Å². The van der Waals surface area contributed by atoms with Crippen LogP contribution in [0.3, 0.4) is 0 Å².